The smallest absolute Gasteiger partial charge is 0.308 e. The van der Waals surface area contributed by atoms with E-state index in [0.717, 1.165) is 12.8 Å². The second kappa shape index (κ2) is 6.43. The number of likely N-dealkylation sites (tertiary alicyclic amines) is 1. The maximum Gasteiger partial charge on any atom is 0.308 e. The van der Waals surface area contributed by atoms with Crippen molar-refractivity contribution < 1.29 is 19.6 Å². The van der Waals surface area contributed by atoms with E-state index in [1.54, 1.807) is 18.4 Å². The molecule has 1 aromatic rings. The molecule has 24 heavy (non-hydrogen) atoms. The zero-order valence-corrected chi connectivity index (χ0v) is 14.0. The summed E-state index contributed by atoms with van der Waals surface area (Å²) in [6.45, 7) is 0.589. The first-order valence-electron chi connectivity index (χ1n) is 7.77. The molecule has 1 saturated heterocycles. The molecule has 1 heterocycles. The molecular formula is C16H18N2O5S. The van der Waals surface area contributed by atoms with E-state index >= 15 is 0 Å². The molecule has 0 spiro atoms. The van der Waals surface area contributed by atoms with Crippen LogP contribution < -0.4 is 0 Å². The van der Waals surface area contributed by atoms with Gasteiger partial charge in [0.1, 0.15) is 0 Å². The number of carboxylic acids is 1. The lowest BCUT2D eigenvalue weighted by atomic mass is 9.92. The molecule has 0 bridgehead atoms. The molecule has 1 amide bonds. The summed E-state index contributed by atoms with van der Waals surface area (Å²) in [7, 11) is 0. The van der Waals surface area contributed by atoms with Crippen LogP contribution >= 0.6 is 11.8 Å². The molecule has 2 atom stereocenters. The van der Waals surface area contributed by atoms with Crippen LogP contribution in [0.25, 0.3) is 0 Å². The van der Waals surface area contributed by atoms with E-state index < -0.39 is 16.8 Å². The summed E-state index contributed by atoms with van der Waals surface area (Å²) in [5, 5.41) is 20.5. The number of hydrogen-bond donors (Lipinski definition) is 1. The van der Waals surface area contributed by atoms with Crippen molar-refractivity contribution in [3.05, 3.63) is 33.9 Å². The number of benzene rings is 1. The molecule has 1 aromatic carbocycles. The Morgan fingerprint density at radius 2 is 2.04 bits per heavy atom. The first-order chi connectivity index (χ1) is 11.4. The highest BCUT2D eigenvalue weighted by Gasteiger charge is 2.47. The van der Waals surface area contributed by atoms with Crippen molar-refractivity contribution in [1.82, 2.24) is 4.90 Å². The van der Waals surface area contributed by atoms with Gasteiger partial charge in [-0.15, -0.1) is 11.8 Å². The van der Waals surface area contributed by atoms with Gasteiger partial charge in [-0.3, -0.25) is 19.7 Å². The lowest BCUT2D eigenvalue weighted by molar-refractivity contribution is -0.387. The predicted octanol–water partition coefficient (Wildman–Crippen LogP) is 2.50. The SMILES string of the molecule is CSc1ccc(C(=O)N2C[C@H](C(=O)O)[C@@H](C3CC3)C2)cc1[N+](=O)[O-]. The summed E-state index contributed by atoms with van der Waals surface area (Å²) in [5.41, 5.74) is 0.140. The van der Waals surface area contributed by atoms with Crippen molar-refractivity contribution in [3.8, 4) is 0 Å². The van der Waals surface area contributed by atoms with E-state index in [1.807, 2.05) is 0 Å². The molecule has 128 valence electrons. The maximum absolute atomic E-state index is 12.7. The highest BCUT2D eigenvalue weighted by atomic mass is 32.2. The van der Waals surface area contributed by atoms with Gasteiger partial charge in [0.25, 0.3) is 11.6 Å². The Morgan fingerprint density at radius 3 is 2.58 bits per heavy atom. The van der Waals surface area contributed by atoms with E-state index in [2.05, 4.69) is 0 Å². The zero-order chi connectivity index (χ0) is 17.4. The number of rotatable bonds is 5. The summed E-state index contributed by atoms with van der Waals surface area (Å²) < 4.78 is 0. The molecule has 2 aliphatic rings. The van der Waals surface area contributed by atoms with Crippen LogP contribution in [0.15, 0.2) is 23.1 Å². The fraction of sp³-hybridized carbons (Fsp3) is 0.500. The standard InChI is InChI=1S/C16H18N2O5S/c1-24-14-5-4-10(6-13(14)18(22)23)15(19)17-7-11(9-2-3-9)12(8-17)16(20)21/h4-6,9,11-12H,2-3,7-8H2,1H3,(H,20,21)/t11-,12+/m1/s1. The average Bonchev–Trinajstić information content (AvgIpc) is 3.31. The molecule has 1 N–H and O–H groups in total. The van der Waals surface area contributed by atoms with E-state index in [-0.39, 0.29) is 29.6 Å². The lowest BCUT2D eigenvalue weighted by Crippen LogP contribution is -2.30. The van der Waals surface area contributed by atoms with Crippen LogP contribution in [-0.2, 0) is 4.79 Å². The van der Waals surface area contributed by atoms with Crippen molar-refractivity contribution in [2.24, 2.45) is 17.8 Å². The Labute approximate surface area is 143 Å². The van der Waals surface area contributed by atoms with Gasteiger partial charge in [-0.05, 0) is 43.1 Å². The number of carboxylic acid groups (broad SMARTS) is 1. The summed E-state index contributed by atoms with van der Waals surface area (Å²) in [6.07, 6.45) is 3.77. The number of carbonyl (C=O) groups excluding carboxylic acids is 1. The molecule has 0 unspecified atom stereocenters. The number of nitro benzene ring substituents is 1. The summed E-state index contributed by atoms with van der Waals surface area (Å²) in [5.74, 6) is -1.36. The van der Waals surface area contributed by atoms with Crippen molar-refractivity contribution in [2.75, 3.05) is 19.3 Å². The molecule has 1 aliphatic carbocycles. The fourth-order valence-electron chi connectivity index (χ4n) is 3.41. The summed E-state index contributed by atoms with van der Waals surface area (Å²) >= 11 is 1.25. The second-order valence-electron chi connectivity index (χ2n) is 6.30. The molecule has 7 nitrogen and oxygen atoms in total. The van der Waals surface area contributed by atoms with E-state index in [1.165, 1.54) is 22.7 Å². The molecule has 3 rings (SSSR count). The summed E-state index contributed by atoms with van der Waals surface area (Å²) in [6, 6.07) is 4.43. The first kappa shape index (κ1) is 16.8. The number of hydrogen-bond acceptors (Lipinski definition) is 5. The highest BCUT2D eigenvalue weighted by molar-refractivity contribution is 7.98. The number of amides is 1. The molecule has 1 aliphatic heterocycles. The van der Waals surface area contributed by atoms with Crippen molar-refractivity contribution in [2.45, 2.75) is 17.7 Å². The third kappa shape index (κ3) is 3.10. The van der Waals surface area contributed by atoms with Gasteiger partial charge in [0, 0.05) is 24.7 Å². The van der Waals surface area contributed by atoms with Gasteiger partial charge < -0.3 is 10.0 Å². The maximum atomic E-state index is 12.7. The van der Waals surface area contributed by atoms with Crippen molar-refractivity contribution in [1.29, 1.82) is 0 Å². The monoisotopic (exact) mass is 350 g/mol. The Morgan fingerprint density at radius 1 is 1.33 bits per heavy atom. The Bertz CT molecular complexity index is 704. The van der Waals surface area contributed by atoms with Crippen LogP contribution in [0.2, 0.25) is 0 Å². The fourth-order valence-corrected chi connectivity index (χ4v) is 3.95. The molecular weight excluding hydrogens is 332 g/mol. The Hall–Kier alpha value is -2.09. The predicted molar refractivity (Wildman–Crippen MR) is 88.1 cm³/mol. The minimum absolute atomic E-state index is 0.00749. The van der Waals surface area contributed by atoms with Gasteiger partial charge in [0.15, 0.2) is 0 Å². The van der Waals surface area contributed by atoms with E-state index in [0.29, 0.717) is 17.4 Å². The van der Waals surface area contributed by atoms with Crippen LogP contribution in [-0.4, -0.2) is 46.2 Å². The van der Waals surface area contributed by atoms with Crippen LogP contribution in [0.4, 0.5) is 5.69 Å². The minimum Gasteiger partial charge on any atom is -0.481 e. The largest absolute Gasteiger partial charge is 0.481 e. The zero-order valence-electron chi connectivity index (χ0n) is 13.2. The van der Waals surface area contributed by atoms with Gasteiger partial charge >= 0.3 is 5.97 Å². The van der Waals surface area contributed by atoms with Crippen LogP contribution in [0.5, 0.6) is 0 Å². The highest BCUT2D eigenvalue weighted by Crippen LogP contribution is 2.44. The normalized spacial score (nSPS) is 23.3. The van der Waals surface area contributed by atoms with Crippen molar-refractivity contribution in [3.63, 3.8) is 0 Å². The van der Waals surface area contributed by atoms with E-state index in [9.17, 15) is 24.8 Å². The third-order valence-electron chi connectivity index (χ3n) is 4.82. The van der Waals surface area contributed by atoms with Gasteiger partial charge in [0.2, 0.25) is 0 Å². The molecule has 0 aromatic heterocycles. The van der Waals surface area contributed by atoms with Crippen molar-refractivity contribution >= 4 is 29.3 Å². The van der Waals surface area contributed by atoms with E-state index in [4.69, 9.17) is 0 Å². The number of nitrogens with zero attached hydrogens (tertiary/aromatic N) is 2. The van der Waals surface area contributed by atoms with Gasteiger partial charge in [-0.2, -0.15) is 0 Å². The molecule has 8 heteroatoms. The summed E-state index contributed by atoms with van der Waals surface area (Å²) in [4.78, 5) is 36.8. The quantitative estimate of drug-likeness (QED) is 0.497. The van der Waals surface area contributed by atoms with Crippen LogP contribution in [0.3, 0.4) is 0 Å². The topological polar surface area (TPSA) is 101 Å². The minimum atomic E-state index is -0.870. The molecule has 0 radical (unpaired) electrons. The molecule has 2 fully saturated rings. The van der Waals surface area contributed by atoms with Gasteiger partial charge in [0.05, 0.1) is 15.7 Å². The number of nitro groups is 1. The van der Waals surface area contributed by atoms with Crippen LogP contribution in [0.1, 0.15) is 23.2 Å². The first-order valence-corrected chi connectivity index (χ1v) is 8.99. The van der Waals surface area contributed by atoms with Crippen LogP contribution in [0, 0.1) is 27.9 Å². The lowest BCUT2D eigenvalue weighted by Gasteiger charge is -2.16. The average molecular weight is 350 g/mol. The Kier molecular flexibility index (Phi) is 4.49. The number of thioether (sulfide) groups is 1. The van der Waals surface area contributed by atoms with Gasteiger partial charge in [-0.25, -0.2) is 0 Å². The van der Waals surface area contributed by atoms with Gasteiger partial charge in [-0.1, -0.05) is 0 Å². The Balaban J connectivity index is 1.83. The number of aliphatic carboxylic acids is 1. The third-order valence-corrected chi connectivity index (χ3v) is 5.60. The molecule has 1 saturated carbocycles. The number of carbonyl (C=O) groups is 2. The second-order valence-corrected chi connectivity index (χ2v) is 7.15.